The first kappa shape index (κ1) is 20.7. The molecule has 126 valence electrons. The maximum atomic E-state index is 12.5. The van der Waals surface area contributed by atoms with E-state index in [1.54, 1.807) is 0 Å². The van der Waals surface area contributed by atoms with Crippen LogP contribution in [0.15, 0.2) is 36.4 Å². The van der Waals surface area contributed by atoms with Gasteiger partial charge in [0.15, 0.2) is 0 Å². The lowest BCUT2D eigenvalue weighted by atomic mass is 9.75. The highest BCUT2D eigenvalue weighted by molar-refractivity contribution is 5.30. The van der Waals surface area contributed by atoms with Crippen molar-refractivity contribution in [3.8, 4) is 0 Å². The number of rotatable bonds is 5. The average Bonchev–Trinajstić information content (AvgIpc) is 2.43. The normalized spacial score (nSPS) is 13.8. The zero-order chi connectivity index (χ0) is 17.4. The Morgan fingerprint density at radius 2 is 1.45 bits per heavy atom. The molecule has 0 saturated heterocycles. The molecular weight excluding hydrogens is 289 g/mol. The molecule has 1 aromatic carbocycles. The number of hydrogen-bond donors (Lipinski definition) is 1. The quantitative estimate of drug-likeness (QED) is 0.688. The number of benzene rings is 1. The fourth-order valence-corrected chi connectivity index (χ4v) is 2.30. The third-order valence-corrected chi connectivity index (χ3v) is 3.53. The van der Waals surface area contributed by atoms with Gasteiger partial charge in [0.2, 0.25) is 0 Å². The first-order chi connectivity index (χ1) is 10.1. The smallest absolute Gasteiger partial charge is 0.395 e. The summed E-state index contributed by atoms with van der Waals surface area (Å²) in [6, 6.07) is 5.15. The zero-order valence-electron chi connectivity index (χ0n) is 13.9. The molecule has 0 fully saturated rings. The van der Waals surface area contributed by atoms with Gasteiger partial charge >= 0.3 is 6.18 Å². The lowest BCUT2D eigenvalue weighted by Gasteiger charge is -2.31. The predicted molar refractivity (Wildman–Crippen MR) is 85.9 cm³/mol. The highest BCUT2D eigenvalue weighted by atomic mass is 19.4. The minimum atomic E-state index is -4.31. The van der Waals surface area contributed by atoms with Crippen molar-refractivity contribution in [3.05, 3.63) is 47.5 Å². The molecule has 0 aromatic heterocycles. The van der Waals surface area contributed by atoms with E-state index in [9.17, 15) is 18.3 Å². The number of aliphatic hydroxyl groups excluding tert-OH is 1. The molecular formula is C18H27F3O. The van der Waals surface area contributed by atoms with Crippen molar-refractivity contribution in [1.82, 2.24) is 0 Å². The molecule has 0 saturated carbocycles. The summed E-state index contributed by atoms with van der Waals surface area (Å²) in [7, 11) is 0. The highest BCUT2D eigenvalue weighted by Crippen LogP contribution is 2.35. The van der Waals surface area contributed by atoms with Crippen molar-refractivity contribution in [2.24, 2.45) is 0 Å². The molecule has 0 aliphatic heterocycles. The van der Waals surface area contributed by atoms with Gasteiger partial charge in [0, 0.05) is 5.41 Å². The number of aliphatic hydroxyl groups is 1. The fourth-order valence-electron chi connectivity index (χ4n) is 2.30. The van der Waals surface area contributed by atoms with Crippen molar-refractivity contribution in [3.63, 3.8) is 0 Å². The van der Waals surface area contributed by atoms with Crippen LogP contribution in [-0.2, 0) is 11.6 Å². The van der Waals surface area contributed by atoms with Gasteiger partial charge in [-0.3, -0.25) is 0 Å². The van der Waals surface area contributed by atoms with Crippen LogP contribution in [0, 0.1) is 0 Å². The Balaban J connectivity index is 0.000000980. The minimum absolute atomic E-state index is 0.0390. The van der Waals surface area contributed by atoms with Crippen molar-refractivity contribution in [2.75, 3.05) is 6.61 Å². The Morgan fingerprint density at radius 1 is 1.05 bits per heavy atom. The topological polar surface area (TPSA) is 20.2 Å². The lowest BCUT2D eigenvalue weighted by Crippen LogP contribution is -2.29. The first-order valence-electron chi connectivity index (χ1n) is 7.53. The van der Waals surface area contributed by atoms with Gasteiger partial charge in [-0.25, -0.2) is 0 Å². The summed E-state index contributed by atoms with van der Waals surface area (Å²) in [5, 5.41) is 9.57. The Hall–Kier alpha value is -1.29. The summed E-state index contributed by atoms with van der Waals surface area (Å²) in [5.74, 6) is 0. The van der Waals surface area contributed by atoms with Crippen LogP contribution >= 0.6 is 0 Å². The van der Waals surface area contributed by atoms with E-state index in [0.29, 0.717) is 6.42 Å². The Labute approximate surface area is 131 Å². The van der Waals surface area contributed by atoms with E-state index in [1.807, 2.05) is 27.7 Å². The number of hydrogen-bond acceptors (Lipinski definition) is 1. The summed E-state index contributed by atoms with van der Waals surface area (Å²) < 4.78 is 37.4. The molecule has 0 aliphatic rings. The van der Waals surface area contributed by atoms with E-state index in [-0.39, 0.29) is 6.61 Å². The van der Waals surface area contributed by atoms with Crippen molar-refractivity contribution >= 4 is 0 Å². The minimum Gasteiger partial charge on any atom is -0.395 e. The molecule has 0 aliphatic carbocycles. The SMILES string of the molecule is C=C(C)C.CCCC(CC)(CO)c1ccc(C(F)(F)F)cc1. The molecule has 0 heterocycles. The first-order valence-corrected chi connectivity index (χ1v) is 7.53. The zero-order valence-corrected chi connectivity index (χ0v) is 13.9. The number of allylic oxidation sites excluding steroid dienone is 1. The van der Waals surface area contributed by atoms with Crippen LogP contribution < -0.4 is 0 Å². The summed E-state index contributed by atoms with van der Waals surface area (Å²) in [6.45, 7) is 11.4. The molecule has 4 heteroatoms. The van der Waals surface area contributed by atoms with E-state index >= 15 is 0 Å². The highest BCUT2D eigenvalue weighted by Gasteiger charge is 2.32. The summed E-state index contributed by atoms with van der Waals surface area (Å²) in [6.07, 6.45) is -1.94. The molecule has 22 heavy (non-hydrogen) atoms. The van der Waals surface area contributed by atoms with Crippen LogP contribution in [0.2, 0.25) is 0 Å². The summed E-state index contributed by atoms with van der Waals surface area (Å²) in [4.78, 5) is 0. The second-order valence-corrected chi connectivity index (χ2v) is 5.82. The van der Waals surface area contributed by atoms with Crippen LogP contribution in [0.4, 0.5) is 13.2 Å². The maximum Gasteiger partial charge on any atom is 0.416 e. The van der Waals surface area contributed by atoms with Gasteiger partial charge in [0.1, 0.15) is 0 Å². The van der Waals surface area contributed by atoms with E-state index in [0.717, 1.165) is 30.5 Å². The van der Waals surface area contributed by atoms with Crippen LogP contribution in [0.1, 0.15) is 58.1 Å². The van der Waals surface area contributed by atoms with Gasteiger partial charge < -0.3 is 5.11 Å². The second-order valence-electron chi connectivity index (χ2n) is 5.82. The van der Waals surface area contributed by atoms with Crippen molar-refractivity contribution in [1.29, 1.82) is 0 Å². The molecule has 1 N–H and O–H groups in total. The van der Waals surface area contributed by atoms with Crippen molar-refractivity contribution < 1.29 is 18.3 Å². The maximum absolute atomic E-state index is 12.5. The van der Waals surface area contributed by atoms with E-state index in [1.165, 1.54) is 17.7 Å². The Morgan fingerprint density at radius 3 is 1.73 bits per heavy atom. The third-order valence-electron chi connectivity index (χ3n) is 3.53. The van der Waals surface area contributed by atoms with Gasteiger partial charge in [0.25, 0.3) is 0 Å². The largest absolute Gasteiger partial charge is 0.416 e. The molecule has 0 spiro atoms. The molecule has 1 rings (SSSR count). The van der Waals surface area contributed by atoms with Crippen LogP contribution in [0.5, 0.6) is 0 Å². The standard InChI is InChI=1S/C14H19F3O.C4H8/c1-3-9-13(4-2,10-18)11-5-7-12(8-6-11)14(15,16)17;1-4(2)3/h5-8,18H,3-4,9-10H2,1-2H3;1H2,2-3H3. The van der Waals surface area contributed by atoms with E-state index in [4.69, 9.17) is 0 Å². The Bertz CT molecular complexity index is 438. The van der Waals surface area contributed by atoms with Crippen LogP contribution in [0.25, 0.3) is 0 Å². The molecule has 1 unspecified atom stereocenters. The average molecular weight is 316 g/mol. The van der Waals surface area contributed by atoms with E-state index in [2.05, 4.69) is 6.58 Å². The molecule has 1 nitrogen and oxygen atoms in total. The molecule has 0 amide bonds. The summed E-state index contributed by atoms with van der Waals surface area (Å²) in [5.41, 5.74) is 0.881. The molecule has 0 radical (unpaired) electrons. The molecule has 1 aromatic rings. The fraction of sp³-hybridized carbons (Fsp3) is 0.556. The number of halogens is 3. The van der Waals surface area contributed by atoms with Gasteiger partial charge in [-0.1, -0.05) is 38.0 Å². The molecule has 1 atom stereocenters. The second kappa shape index (κ2) is 8.99. The van der Waals surface area contributed by atoms with Gasteiger partial charge in [-0.05, 0) is 44.4 Å². The van der Waals surface area contributed by atoms with Crippen LogP contribution in [-0.4, -0.2) is 11.7 Å². The lowest BCUT2D eigenvalue weighted by molar-refractivity contribution is -0.137. The number of alkyl halides is 3. The predicted octanol–water partition coefficient (Wildman–Crippen LogP) is 5.73. The third kappa shape index (κ3) is 6.22. The summed E-state index contributed by atoms with van der Waals surface area (Å²) >= 11 is 0. The Kier molecular flexibility index (Phi) is 8.46. The molecule has 0 bridgehead atoms. The van der Waals surface area contributed by atoms with E-state index < -0.39 is 17.2 Å². The van der Waals surface area contributed by atoms with Gasteiger partial charge in [-0.2, -0.15) is 13.2 Å². The monoisotopic (exact) mass is 316 g/mol. The van der Waals surface area contributed by atoms with Crippen molar-refractivity contribution in [2.45, 2.75) is 58.5 Å². The van der Waals surface area contributed by atoms with Gasteiger partial charge in [0.05, 0.1) is 12.2 Å². The van der Waals surface area contributed by atoms with Crippen LogP contribution in [0.3, 0.4) is 0 Å². The van der Waals surface area contributed by atoms with Gasteiger partial charge in [-0.15, -0.1) is 6.58 Å².